The molecule has 0 atom stereocenters. The Hall–Kier alpha value is -2.37. The molecule has 0 aromatic heterocycles. The van der Waals surface area contributed by atoms with E-state index in [1.807, 2.05) is 19.1 Å². The highest BCUT2D eigenvalue weighted by Gasteiger charge is 2.25. The van der Waals surface area contributed by atoms with Crippen LogP contribution in [0.2, 0.25) is 0 Å². The molecule has 2 N–H and O–H groups in total. The third kappa shape index (κ3) is 5.59. The van der Waals surface area contributed by atoms with E-state index in [-0.39, 0.29) is 11.8 Å². The van der Waals surface area contributed by atoms with Gasteiger partial charge in [0.05, 0.1) is 6.54 Å². The molecule has 2 rings (SSSR count). The topological polar surface area (TPSA) is 73.8 Å². The van der Waals surface area contributed by atoms with Gasteiger partial charge in [0.15, 0.2) is 5.96 Å². The second-order valence-corrected chi connectivity index (χ2v) is 6.04. The smallest absolute Gasteiger partial charge is 0.229 e. The first-order valence-electron chi connectivity index (χ1n) is 9.07. The number of benzene rings is 1. The van der Waals surface area contributed by atoms with Gasteiger partial charge in [-0.05, 0) is 30.9 Å². The summed E-state index contributed by atoms with van der Waals surface area (Å²) < 4.78 is 0. The molecule has 0 saturated carbocycles. The molecule has 0 aliphatic carbocycles. The lowest BCUT2D eigenvalue weighted by Crippen LogP contribution is -2.46. The van der Waals surface area contributed by atoms with Crippen molar-refractivity contribution in [2.45, 2.75) is 46.1 Å². The van der Waals surface area contributed by atoms with Crippen molar-refractivity contribution in [2.75, 3.05) is 19.6 Å². The Balaban J connectivity index is 1.91. The molecule has 1 aromatic rings. The van der Waals surface area contributed by atoms with Crippen molar-refractivity contribution in [1.82, 2.24) is 15.5 Å². The van der Waals surface area contributed by atoms with E-state index in [0.717, 1.165) is 13.0 Å². The number of carbonyl (C=O) groups is 2. The highest BCUT2D eigenvalue weighted by molar-refractivity contribution is 5.97. The minimum Gasteiger partial charge on any atom is -0.357 e. The summed E-state index contributed by atoms with van der Waals surface area (Å²) >= 11 is 0. The molecular weight excluding hydrogens is 316 g/mol. The standard InChI is InChI=1S/C19H28N4O2/c1-3-15-8-5-6-9-16(15)14-22-19(20-4-2)21-12-13-23-17(24)10-7-11-18(23)25/h5-6,8-9H,3-4,7,10-14H2,1-2H3,(H2,20,21,22). The van der Waals surface area contributed by atoms with Gasteiger partial charge >= 0.3 is 0 Å². The first kappa shape index (κ1) is 19.0. The van der Waals surface area contributed by atoms with Crippen LogP contribution in [0.15, 0.2) is 29.3 Å². The van der Waals surface area contributed by atoms with Gasteiger partial charge in [0, 0.05) is 32.5 Å². The number of nitrogens with one attached hydrogen (secondary N) is 2. The van der Waals surface area contributed by atoms with Gasteiger partial charge in [-0.2, -0.15) is 0 Å². The number of rotatable bonds is 7. The van der Waals surface area contributed by atoms with Crippen LogP contribution in [0, 0.1) is 0 Å². The van der Waals surface area contributed by atoms with Crippen LogP contribution in [-0.2, 0) is 22.6 Å². The van der Waals surface area contributed by atoms with Gasteiger partial charge in [0.1, 0.15) is 0 Å². The van der Waals surface area contributed by atoms with Gasteiger partial charge in [0.2, 0.25) is 11.8 Å². The van der Waals surface area contributed by atoms with E-state index in [0.29, 0.717) is 44.9 Å². The Morgan fingerprint density at radius 3 is 2.40 bits per heavy atom. The van der Waals surface area contributed by atoms with Crippen LogP contribution in [0.3, 0.4) is 0 Å². The zero-order chi connectivity index (χ0) is 18.1. The van der Waals surface area contributed by atoms with E-state index in [1.54, 1.807) is 0 Å². The average Bonchev–Trinajstić information content (AvgIpc) is 2.62. The van der Waals surface area contributed by atoms with Gasteiger partial charge < -0.3 is 10.6 Å². The lowest BCUT2D eigenvalue weighted by Gasteiger charge is -2.25. The number of likely N-dealkylation sites (tertiary alicyclic amines) is 1. The summed E-state index contributed by atoms with van der Waals surface area (Å²) in [5.41, 5.74) is 2.51. The molecule has 0 unspecified atom stereocenters. The maximum Gasteiger partial charge on any atom is 0.229 e. The first-order chi connectivity index (χ1) is 12.2. The molecule has 0 spiro atoms. The van der Waals surface area contributed by atoms with Crippen molar-refractivity contribution in [3.63, 3.8) is 0 Å². The third-order valence-corrected chi connectivity index (χ3v) is 4.26. The van der Waals surface area contributed by atoms with E-state index >= 15 is 0 Å². The molecule has 1 heterocycles. The quantitative estimate of drug-likeness (QED) is 0.450. The Morgan fingerprint density at radius 1 is 1.08 bits per heavy atom. The fourth-order valence-electron chi connectivity index (χ4n) is 2.90. The van der Waals surface area contributed by atoms with Crippen molar-refractivity contribution >= 4 is 17.8 Å². The van der Waals surface area contributed by atoms with Crippen LogP contribution >= 0.6 is 0 Å². The molecule has 1 saturated heterocycles. The van der Waals surface area contributed by atoms with Gasteiger partial charge in [-0.25, -0.2) is 4.99 Å². The molecule has 1 aromatic carbocycles. The maximum absolute atomic E-state index is 11.8. The lowest BCUT2D eigenvalue weighted by molar-refractivity contribution is -0.147. The normalized spacial score (nSPS) is 15.4. The molecule has 1 aliphatic rings. The SMILES string of the molecule is CCNC(=NCc1ccccc1CC)NCCN1C(=O)CCCC1=O. The van der Waals surface area contributed by atoms with E-state index in [9.17, 15) is 9.59 Å². The van der Waals surface area contributed by atoms with Crippen LogP contribution in [-0.4, -0.2) is 42.3 Å². The summed E-state index contributed by atoms with van der Waals surface area (Å²) in [5.74, 6) is 0.555. The Kier molecular flexibility index (Phi) is 7.44. The number of carbonyl (C=O) groups excluding carboxylic acids is 2. The average molecular weight is 344 g/mol. The van der Waals surface area contributed by atoms with E-state index in [2.05, 4.69) is 34.7 Å². The molecule has 0 radical (unpaired) electrons. The van der Waals surface area contributed by atoms with Crippen LogP contribution < -0.4 is 10.6 Å². The van der Waals surface area contributed by atoms with Crippen LogP contribution in [0.4, 0.5) is 0 Å². The Bertz CT molecular complexity index is 612. The summed E-state index contributed by atoms with van der Waals surface area (Å²) in [5, 5.41) is 6.41. The van der Waals surface area contributed by atoms with E-state index in [1.165, 1.54) is 16.0 Å². The number of hydrogen-bond donors (Lipinski definition) is 2. The zero-order valence-corrected chi connectivity index (χ0v) is 15.2. The van der Waals surface area contributed by atoms with Crippen molar-refractivity contribution in [2.24, 2.45) is 4.99 Å². The van der Waals surface area contributed by atoms with Crippen molar-refractivity contribution in [1.29, 1.82) is 0 Å². The summed E-state index contributed by atoms with van der Waals surface area (Å²) in [4.78, 5) is 29.6. The number of aliphatic imine (C=N–C) groups is 1. The summed E-state index contributed by atoms with van der Waals surface area (Å²) in [7, 11) is 0. The van der Waals surface area contributed by atoms with Crippen molar-refractivity contribution in [3.05, 3.63) is 35.4 Å². The Morgan fingerprint density at radius 2 is 1.76 bits per heavy atom. The number of piperidine rings is 1. The van der Waals surface area contributed by atoms with Crippen LogP contribution in [0.5, 0.6) is 0 Å². The molecular formula is C19H28N4O2. The second-order valence-electron chi connectivity index (χ2n) is 6.04. The Labute approximate surface area is 149 Å². The first-order valence-corrected chi connectivity index (χ1v) is 9.07. The summed E-state index contributed by atoms with van der Waals surface area (Å²) in [6.07, 6.45) is 2.58. The second kappa shape index (κ2) is 9.81. The van der Waals surface area contributed by atoms with Gasteiger partial charge in [0.25, 0.3) is 0 Å². The highest BCUT2D eigenvalue weighted by Crippen LogP contribution is 2.12. The van der Waals surface area contributed by atoms with Crippen molar-refractivity contribution < 1.29 is 9.59 Å². The number of aryl methyl sites for hydroxylation is 1. The number of guanidine groups is 1. The third-order valence-electron chi connectivity index (χ3n) is 4.26. The predicted octanol–water partition coefficient (Wildman–Crippen LogP) is 1.84. The molecule has 1 fully saturated rings. The van der Waals surface area contributed by atoms with Gasteiger partial charge in [-0.1, -0.05) is 31.2 Å². The largest absolute Gasteiger partial charge is 0.357 e. The molecule has 1 aliphatic heterocycles. The highest BCUT2D eigenvalue weighted by atomic mass is 16.2. The lowest BCUT2D eigenvalue weighted by atomic mass is 10.1. The molecule has 2 amide bonds. The van der Waals surface area contributed by atoms with Crippen LogP contribution in [0.25, 0.3) is 0 Å². The minimum absolute atomic E-state index is 0.0723. The van der Waals surface area contributed by atoms with Gasteiger partial charge in [-0.3, -0.25) is 14.5 Å². The van der Waals surface area contributed by atoms with E-state index in [4.69, 9.17) is 0 Å². The van der Waals surface area contributed by atoms with Crippen molar-refractivity contribution in [3.8, 4) is 0 Å². The van der Waals surface area contributed by atoms with E-state index < -0.39 is 0 Å². The predicted molar refractivity (Wildman–Crippen MR) is 99.2 cm³/mol. The number of imide groups is 1. The number of amides is 2. The zero-order valence-electron chi connectivity index (χ0n) is 15.2. The maximum atomic E-state index is 11.8. The molecule has 0 bridgehead atoms. The summed E-state index contributed by atoms with van der Waals surface area (Å²) in [6, 6.07) is 8.29. The molecule has 6 heteroatoms. The number of hydrogen-bond acceptors (Lipinski definition) is 3. The minimum atomic E-state index is -0.0723. The van der Waals surface area contributed by atoms with Gasteiger partial charge in [-0.15, -0.1) is 0 Å². The molecule has 136 valence electrons. The number of nitrogens with zero attached hydrogens (tertiary/aromatic N) is 2. The monoisotopic (exact) mass is 344 g/mol. The summed E-state index contributed by atoms with van der Waals surface area (Å²) in [6.45, 7) is 6.38. The fraction of sp³-hybridized carbons (Fsp3) is 0.526. The van der Waals surface area contributed by atoms with Crippen LogP contribution in [0.1, 0.15) is 44.2 Å². The molecule has 6 nitrogen and oxygen atoms in total. The fourth-order valence-corrected chi connectivity index (χ4v) is 2.90. The molecule has 25 heavy (non-hydrogen) atoms.